The first kappa shape index (κ1) is 9.81. The number of nitrogens with zero attached hydrogens (tertiary/aromatic N) is 3. The lowest BCUT2D eigenvalue weighted by Gasteiger charge is -2.04. The van der Waals surface area contributed by atoms with Gasteiger partial charge in [0.15, 0.2) is 0 Å². The van der Waals surface area contributed by atoms with Crippen LogP contribution in [0.4, 0.5) is 11.8 Å². The second kappa shape index (κ2) is 4.67. The molecular formula is C8H10N6S. The van der Waals surface area contributed by atoms with Crippen LogP contribution in [0, 0.1) is 0 Å². The first-order chi connectivity index (χ1) is 7.38. The van der Waals surface area contributed by atoms with E-state index >= 15 is 0 Å². The molecule has 2 aromatic heterocycles. The van der Waals surface area contributed by atoms with E-state index in [1.807, 2.05) is 5.38 Å². The van der Waals surface area contributed by atoms with Crippen molar-refractivity contribution in [2.24, 2.45) is 5.84 Å². The molecule has 2 heterocycles. The number of nitrogens with one attached hydrogen (secondary N) is 2. The fraction of sp³-hybridized carbons (Fsp3) is 0.125. The number of hydrazine groups is 1. The van der Waals surface area contributed by atoms with Crippen molar-refractivity contribution in [3.8, 4) is 0 Å². The van der Waals surface area contributed by atoms with E-state index < -0.39 is 0 Å². The van der Waals surface area contributed by atoms with Crippen molar-refractivity contribution in [1.82, 2.24) is 15.0 Å². The van der Waals surface area contributed by atoms with Gasteiger partial charge in [-0.2, -0.15) is 4.98 Å². The molecule has 0 spiro atoms. The van der Waals surface area contributed by atoms with Gasteiger partial charge in [0.1, 0.15) is 5.82 Å². The van der Waals surface area contributed by atoms with Crippen LogP contribution < -0.4 is 16.6 Å². The highest BCUT2D eigenvalue weighted by Crippen LogP contribution is 2.07. The van der Waals surface area contributed by atoms with Crippen molar-refractivity contribution in [1.29, 1.82) is 0 Å². The molecule has 2 rings (SSSR count). The monoisotopic (exact) mass is 222 g/mol. The molecule has 0 amide bonds. The predicted octanol–water partition coefficient (Wildman–Crippen LogP) is 0.831. The molecule has 2 aromatic rings. The Bertz CT molecular complexity index is 415. The summed E-state index contributed by atoms with van der Waals surface area (Å²) in [5, 5.41) is 5.10. The summed E-state index contributed by atoms with van der Waals surface area (Å²) in [6.45, 7) is 0.643. The van der Waals surface area contributed by atoms with E-state index in [9.17, 15) is 0 Å². The number of rotatable bonds is 4. The van der Waals surface area contributed by atoms with E-state index in [0.717, 1.165) is 5.69 Å². The van der Waals surface area contributed by atoms with Crippen LogP contribution in [-0.2, 0) is 6.54 Å². The first-order valence-electron chi connectivity index (χ1n) is 4.29. The molecule has 0 unspecified atom stereocenters. The zero-order chi connectivity index (χ0) is 10.5. The Balaban J connectivity index is 1.98. The third kappa shape index (κ3) is 2.61. The Morgan fingerprint density at radius 1 is 1.40 bits per heavy atom. The lowest BCUT2D eigenvalue weighted by molar-refractivity contribution is 1.03. The largest absolute Gasteiger partial charge is 0.364 e. The number of hydrogen-bond donors (Lipinski definition) is 3. The number of anilines is 2. The average Bonchev–Trinajstić information content (AvgIpc) is 2.79. The van der Waals surface area contributed by atoms with Gasteiger partial charge < -0.3 is 5.32 Å². The zero-order valence-electron chi connectivity index (χ0n) is 7.84. The van der Waals surface area contributed by atoms with Crippen LogP contribution in [0.5, 0.6) is 0 Å². The first-order valence-corrected chi connectivity index (χ1v) is 5.23. The molecule has 0 bridgehead atoms. The van der Waals surface area contributed by atoms with Gasteiger partial charge in [0.2, 0.25) is 5.95 Å². The quantitative estimate of drug-likeness (QED) is 0.524. The van der Waals surface area contributed by atoms with E-state index in [4.69, 9.17) is 5.84 Å². The third-order valence-corrected chi connectivity index (χ3v) is 2.35. The highest BCUT2D eigenvalue weighted by molar-refractivity contribution is 7.07. The van der Waals surface area contributed by atoms with Crippen molar-refractivity contribution in [3.63, 3.8) is 0 Å². The summed E-state index contributed by atoms with van der Waals surface area (Å²) in [6.07, 6.45) is 1.63. The summed E-state index contributed by atoms with van der Waals surface area (Å²) in [4.78, 5) is 12.2. The molecule has 0 aromatic carbocycles. The number of nitrogens with two attached hydrogens (primary N) is 1. The lowest BCUT2D eigenvalue weighted by Crippen LogP contribution is -2.11. The smallest absolute Gasteiger partial charge is 0.239 e. The topological polar surface area (TPSA) is 88.8 Å². The van der Waals surface area contributed by atoms with Crippen LogP contribution in [0.25, 0.3) is 0 Å². The Labute approximate surface area is 90.6 Å². The van der Waals surface area contributed by atoms with Crippen molar-refractivity contribution < 1.29 is 0 Å². The van der Waals surface area contributed by atoms with Crippen molar-refractivity contribution in [2.75, 3.05) is 10.7 Å². The highest BCUT2D eigenvalue weighted by atomic mass is 32.1. The molecule has 6 nitrogen and oxygen atoms in total. The Kier molecular flexibility index (Phi) is 3.05. The second-order valence-electron chi connectivity index (χ2n) is 2.74. The predicted molar refractivity (Wildman–Crippen MR) is 59.3 cm³/mol. The summed E-state index contributed by atoms with van der Waals surface area (Å²) in [7, 11) is 0. The van der Waals surface area contributed by atoms with E-state index in [-0.39, 0.29) is 0 Å². The molecule has 0 saturated carbocycles. The van der Waals surface area contributed by atoms with Gasteiger partial charge >= 0.3 is 0 Å². The van der Waals surface area contributed by atoms with Crippen LogP contribution in [0.3, 0.4) is 0 Å². The van der Waals surface area contributed by atoms with E-state index in [1.165, 1.54) is 0 Å². The van der Waals surface area contributed by atoms with Crippen molar-refractivity contribution in [3.05, 3.63) is 28.8 Å². The maximum Gasteiger partial charge on any atom is 0.239 e. The molecule has 15 heavy (non-hydrogen) atoms. The van der Waals surface area contributed by atoms with Gasteiger partial charge in [0.25, 0.3) is 0 Å². The van der Waals surface area contributed by atoms with Crippen LogP contribution in [-0.4, -0.2) is 15.0 Å². The van der Waals surface area contributed by atoms with Gasteiger partial charge in [0.05, 0.1) is 17.7 Å². The average molecular weight is 222 g/mol. The molecule has 0 atom stereocenters. The molecule has 0 aliphatic carbocycles. The van der Waals surface area contributed by atoms with Gasteiger partial charge in [-0.05, 0) is 6.07 Å². The number of aromatic nitrogens is 3. The van der Waals surface area contributed by atoms with Crippen LogP contribution in [0.2, 0.25) is 0 Å². The Morgan fingerprint density at radius 3 is 3.07 bits per heavy atom. The molecule has 4 N–H and O–H groups in total. The Hall–Kier alpha value is -1.73. The van der Waals surface area contributed by atoms with Crippen LogP contribution in [0.15, 0.2) is 23.2 Å². The molecule has 0 aliphatic heterocycles. The van der Waals surface area contributed by atoms with E-state index in [1.54, 1.807) is 29.1 Å². The van der Waals surface area contributed by atoms with E-state index in [0.29, 0.717) is 18.3 Å². The standard InChI is InChI=1S/C8H10N6S/c9-14-8-10-2-1-7(13-8)11-3-6-4-15-5-12-6/h1-2,4-5H,3,9H2,(H2,10,11,13,14). The molecule has 0 fully saturated rings. The van der Waals surface area contributed by atoms with Gasteiger partial charge in [-0.15, -0.1) is 11.3 Å². The van der Waals surface area contributed by atoms with E-state index in [2.05, 4.69) is 25.7 Å². The lowest BCUT2D eigenvalue weighted by atomic mass is 10.4. The maximum absolute atomic E-state index is 5.20. The van der Waals surface area contributed by atoms with Gasteiger partial charge in [-0.25, -0.2) is 15.8 Å². The summed E-state index contributed by atoms with van der Waals surface area (Å²) in [6, 6.07) is 1.77. The summed E-state index contributed by atoms with van der Waals surface area (Å²) in [5.41, 5.74) is 5.17. The van der Waals surface area contributed by atoms with Crippen molar-refractivity contribution in [2.45, 2.75) is 6.54 Å². The maximum atomic E-state index is 5.20. The highest BCUT2D eigenvalue weighted by Gasteiger charge is 1.98. The van der Waals surface area contributed by atoms with Crippen LogP contribution in [0.1, 0.15) is 5.69 Å². The second-order valence-corrected chi connectivity index (χ2v) is 3.46. The normalized spacial score (nSPS) is 9.93. The van der Waals surface area contributed by atoms with Gasteiger partial charge in [-0.1, -0.05) is 0 Å². The van der Waals surface area contributed by atoms with Crippen molar-refractivity contribution >= 4 is 23.1 Å². The molecule has 0 saturated heterocycles. The number of hydrogen-bond acceptors (Lipinski definition) is 7. The number of thiazole rings is 1. The molecule has 0 aliphatic rings. The SMILES string of the molecule is NNc1nccc(NCc2cscn2)n1. The summed E-state index contributed by atoms with van der Waals surface area (Å²) >= 11 is 1.57. The van der Waals surface area contributed by atoms with Gasteiger partial charge in [-0.3, -0.25) is 5.43 Å². The molecular weight excluding hydrogens is 212 g/mol. The zero-order valence-corrected chi connectivity index (χ0v) is 8.66. The fourth-order valence-corrected chi connectivity index (χ4v) is 1.59. The van der Waals surface area contributed by atoms with Gasteiger partial charge in [0, 0.05) is 11.6 Å². The minimum absolute atomic E-state index is 0.387. The third-order valence-electron chi connectivity index (χ3n) is 1.72. The Morgan fingerprint density at radius 2 is 2.33 bits per heavy atom. The number of nitrogen functional groups attached to an aromatic ring is 1. The minimum Gasteiger partial charge on any atom is -0.364 e. The summed E-state index contributed by atoms with van der Waals surface area (Å²) in [5.74, 6) is 6.30. The molecule has 7 heteroatoms. The molecule has 78 valence electrons. The summed E-state index contributed by atoms with van der Waals surface area (Å²) < 4.78 is 0. The minimum atomic E-state index is 0.387. The fourth-order valence-electron chi connectivity index (χ4n) is 1.03. The molecule has 0 radical (unpaired) electrons. The van der Waals surface area contributed by atoms with Crippen LogP contribution >= 0.6 is 11.3 Å².